The van der Waals surface area contributed by atoms with Gasteiger partial charge in [-0.2, -0.15) is 5.26 Å². The molecule has 30 heavy (non-hydrogen) atoms. The molecule has 3 aromatic carbocycles. The second kappa shape index (κ2) is 9.89. The molecule has 1 atom stereocenters. The van der Waals surface area contributed by atoms with Gasteiger partial charge in [-0.1, -0.05) is 48.5 Å². The minimum absolute atomic E-state index is 0.428. The van der Waals surface area contributed by atoms with Crippen LogP contribution in [0.15, 0.2) is 78.9 Å². The molecule has 0 saturated heterocycles. The smallest absolute Gasteiger partial charge is 0.347 e. The molecule has 0 aliphatic carbocycles. The molecule has 0 radical (unpaired) electrons. The maximum Gasteiger partial charge on any atom is 0.347 e. The van der Waals surface area contributed by atoms with E-state index in [0.29, 0.717) is 17.0 Å². The average Bonchev–Trinajstić information content (AvgIpc) is 2.79. The van der Waals surface area contributed by atoms with Gasteiger partial charge in [-0.3, -0.25) is 4.79 Å². The van der Waals surface area contributed by atoms with Crippen LogP contribution in [0.5, 0.6) is 5.75 Å². The summed E-state index contributed by atoms with van der Waals surface area (Å²) < 4.78 is 10.6. The molecule has 0 spiro atoms. The summed E-state index contributed by atoms with van der Waals surface area (Å²) >= 11 is 0. The maximum atomic E-state index is 12.3. The van der Waals surface area contributed by atoms with E-state index in [1.54, 1.807) is 30.3 Å². The first-order chi connectivity index (χ1) is 14.6. The highest BCUT2D eigenvalue weighted by Crippen LogP contribution is 2.27. The monoisotopic (exact) mass is 400 g/mol. The van der Waals surface area contributed by atoms with Crippen molar-refractivity contribution in [3.8, 4) is 22.9 Å². The third-order valence-corrected chi connectivity index (χ3v) is 4.26. The van der Waals surface area contributed by atoms with E-state index < -0.39 is 24.6 Å². The van der Waals surface area contributed by atoms with E-state index >= 15 is 0 Å². The molecule has 6 heteroatoms. The van der Waals surface area contributed by atoms with Gasteiger partial charge < -0.3 is 14.8 Å². The van der Waals surface area contributed by atoms with Crippen molar-refractivity contribution in [2.24, 2.45) is 0 Å². The Bertz CT molecular complexity index is 1060. The lowest BCUT2D eigenvalue weighted by molar-refractivity contribution is -0.153. The Hall–Kier alpha value is -4.11. The number of ether oxygens (including phenoxy) is 2. The highest BCUT2D eigenvalue weighted by Gasteiger charge is 2.18. The summed E-state index contributed by atoms with van der Waals surface area (Å²) in [4.78, 5) is 24.4. The zero-order valence-corrected chi connectivity index (χ0v) is 16.4. The first-order valence-electron chi connectivity index (χ1n) is 9.34. The van der Waals surface area contributed by atoms with Crippen molar-refractivity contribution >= 4 is 17.6 Å². The van der Waals surface area contributed by atoms with E-state index in [1.165, 1.54) is 6.92 Å². The van der Waals surface area contributed by atoms with Crippen LogP contribution in [0.1, 0.15) is 12.5 Å². The zero-order chi connectivity index (χ0) is 21.3. The van der Waals surface area contributed by atoms with Crippen LogP contribution in [0.3, 0.4) is 0 Å². The maximum absolute atomic E-state index is 12.3. The predicted octanol–water partition coefficient (Wildman–Crippen LogP) is 4.17. The second-order valence-electron chi connectivity index (χ2n) is 6.46. The number of nitrogens with one attached hydrogen (secondary N) is 1. The first-order valence-corrected chi connectivity index (χ1v) is 9.34. The molecule has 150 valence electrons. The molecule has 3 aromatic rings. The van der Waals surface area contributed by atoms with Gasteiger partial charge in [0.25, 0.3) is 5.91 Å². The number of hydrogen-bond acceptors (Lipinski definition) is 5. The van der Waals surface area contributed by atoms with E-state index in [9.17, 15) is 9.59 Å². The van der Waals surface area contributed by atoms with Gasteiger partial charge in [-0.25, -0.2) is 4.79 Å². The summed E-state index contributed by atoms with van der Waals surface area (Å²) in [6.45, 7) is 1.10. The molecule has 0 bridgehead atoms. The number of rotatable bonds is 7. The number of para-hydroxylation sites is 1. The lowest BCUT2D eigenvalue weighted by Gasteiger charge is -2.15. The molecule has 6 nitrogen and oxygen atoms in total. The molecule has 1 amide bonds. The van der Waals surface area contributed by atoms with Crippen LogP contribution in [-0.4, -0.2) is 24.6 Å². The van der Waals surface area contributed by atoms with Gasteiger partial charge in [0.15, 0.2) is 12.7 Å². The summed E-state index contributed by atoms with van der Waals surface area (Å²) in [7, 11) is 0. The van der Waals surface area contributed by atoms with Gasteiger partial charge in [-0.15, -0.1) is 0 Å². The van der Waals surface area contributed by atoms with Crippen molar-refractivity contribution in [2.75, 3.05) is 11.9 Å². The van der Waals surface area contributed by atoms with E-state index in [-0.39, 0.29) is 0 Å². The highest BCUT2D eigenvalue weighted by molar-refractivity contribution is 5.97. The third kappa shape index (κ3) is 5.46. The van der Waals surface area contributed by atoms with Gasteiger partial charge in [-0.05, 0) is 42.8 Å². The van der Waals surface area contributed by atoms with E-state index in [0.717, 1.165) is 11.1 Å². The van der Waals surface area contributed by atoms with Crippen molar-refractivity contribution in [2.45, 2.75) is 13.0 Å². The van der Waals surface area contributed by atoms with Gasteiger partial charge in [0, 0.05) is 11.3 Å². The molecule has 0 fully saturated rings. The minimum atomic E-state index is -0.901. The van der Waals surface area contributed by atoms with Crippen LogP contribution in [0.4, 0.5) is 5.69 Å². The summed E-state index contributed by atoms with van der Waals surface area (Å²) in [5.74, 6) is -0.678. The van der Waals surface area contributed by atoms with Crippen molar-refractivity contribution in [3.63, 3.8) is 0 Å². The quantitative estimate of drug-likeness (QED) is 0.601. The molecule has 0 heterocycles. The molecular formula is C24H20N2O4. The van der Waals surface area contributed by atoms with Crippen LogP contribution < -0.4 is 10.1 Å². The van der Waals surface area contributed by atoms with Gasteiger partial charge in [0.05, 0.1) is 11.6 Å². The zero-order valence-electron chi connectivity index (χ0n) is 16.4. The van der Waals surface area contributed by atoms with Crippen LogP contribution in [0, 0.1) is 11.3 Å². The Morgan fingerprint density at radius 3 is 2.33 bits per heavy atom. The Kier molecular flexibility index (Phi) is 6.80. The fraction of sp³-hybridized carbons (Fsp3) is 0.125. The lowest BCUT2D eigenvalue weighted by atomic mass is 10.0. The standard InChI is InChI=1S/C24H20N2O4/c1-17(30-20-13-11-18(15-25)12-14-20)24(28)29-16-23(27)26-22-10-6-5-9-21(22)19-7-3-2-4-8-19/h2-14,17H,16H2,1H3,(H,26,27)/t17-/m0/s1. The van der Waals surface area contributed by atoms with Crippen molar-refractivity contribution in [1.29, 1.82) is 5.26 Å². The third-order valence-electron chi connectivity index (χ3n) is 4.26. The number of carbonyl (C=O) groups excluding carboxylic acids is 2. The number of nitriles is 1. The van der Waals surface area contributed by atoms with E-state index in [2.05, 4.69) is 5.32 Å². The second-order valence-corrected chi connectivity index (χ2v) is 6.46. The molecule has 0 unspecified atom stereocenters. The molecule has 0 saturated carbocycles. The molecule has 0 aromatic heterocycles. The number of benzene rings is 3. The highest BCUT2D eigenvalue weighted by atomic mass is 16.6. The molecule has 3 rings (SSSR count). The fourth-order valence-corrected chi connectivity index (χ4v) is 2.76. The first kappa shape index (κ1) is 20.6. The normalized spacial score (nSPS) is 11.1. The summed E-state index contributed by atoms with van der Waals surface area (Å²) in [6, 6.07) is 25.4. The number of amides is 1. The summed E-state index contributed by atoms with van der Waals surface area (Å²) in [5, 5.41) is 11.6. The Morgan fingerprint density at radius 1 is 0.967 bits per heavy atom. The van der Waals surface area contributed by atoms with Gasteiger partial charge in [0.2, 0.25) is 0 Å². The number of hydrogen-bond donors (Lipinski definition) is 1. The van der Waals surface area contributed by atoms with E-state index in [1.807, 2.05) is 54.6 Å². The largest absolute Gasteiger partial charge is 0.479 e. The summed E-state index contributed by atoms with van der Waals surface area (Å²) in [6.07, 6.45) is -0.901. The van der Waals surface area contributed by atoms with Crippen LogP contribution >= 0.6 is 0 Å². The fourth-order valence-electron chi connectivity index (χ4n) is 2.76. The Morgan fingerprint density at radius 2 is 1.63 bits per heavy atom. The molecule has 1 N–H and O–H groups in total. The van der Waals surface area contributed by atoms with Crippen molar-refractivity contribution in [1.82, 2.24) is 0 Å². The predicted molar refractivity (Wildman–Crippen MR) is 113 cm³/mol. The van der Waals surface area contributed by atoms with Crippen molar-refractivity contribution in [3.05, 3.63) is 84.4 Å². The number of esters is 1. The molecular weight excluding hydrogens is 380 g/mol. The van der Waals surface area contributed by atoms with Crippen LogP contribution in [0.25, 0.3) is 11.1 Å². The average molecular weight is 400 g/mol. The Labute approximate surface area is 174 Å². The van der Waals surface area contributed by atoms with Gasteiger partial charge >= 0.3 is 5.97 Å². The Balaban J connectivity index is 1.54. The number of nitrogens with zero attached hydrogens (tertiary/aromatic N) is 1. The SMILES string of the molecule is C[C@H](Oc1ccc(C#N)cc1)C(=O)OCC(=O)Nc1ccccc1-c1ccccc1. The van der Waals surface area contributed by atoms with Crippen LogP contribution in [-0.2, 0) is 14.3 Å². The van der Waals surface area contributed by atoms with Crippen LogP contribution in [0.2, 0.25) is 0 Å². The number of anilines is 1. The van der Waals surface area contributed by atoms with Crippen molar-refractivity contribution < 1.29 is 19.1 Å². The minimum Gasteiger partial charge on any atom is -0.479 e. The lowest BCUT2D eigenvalue weighted by Crippen LogP contribution is -2.29. The number of carbonyl (C=O) groups is 2. The summed E-state index contributed by atoms with van der Waals surface area (Å²) in [5.41, 5.74) is 2.96. The molecule has 0 aliphatic heterocycles. The van der Waals surface area contributed by atoms with Gasteiger partial charge in [0.1, 0.15) is 5.75 Å². The van der Waals surface area contributed by atoms with E-state index in [4.69, 9.17) is 14.7 Å². The molecule has 0 aliphatic rings. The topological polar surface area (TPSA) is 88.4 Å².